The first kappa shape index (κ1) is 16.9. The lowest BCUT2D eigenvalue weighted by molar-refractivity contribution is 0.311. The molecule has 132 valence electrons. The third-order valence-corrected chi connectivity index (χ3v) is 3.98. The number of aliphatic hydroxyl groups is 1. The minimum absolute atomic E-state index is 0.0255. The van der Waals surface area contributed by atoms with Gasteiger partial charge in [0.15, 0.2) is 5.52 Å². The molecule has 0 fully saturated rings. The van der Waals surface area contributed by atoms with Crippen molar-refractivity contribution < 1.29 is 9.50 Å². The Morgan fingerprint density at radius 1 is 1.20 bits per heavy atom. The zero-order valence-corrected chi connectivity index (χ0v) is 13.9. The summed E-state index contributed by atoms with van der Waals surface area (Å²) in [6.07, 6.45) is 0. The number of rotatable bonds is 5. The first-order valence-electron chi connectivity index (χ1n) is 7.69. The summed E-state index contributed by atoms with van der Waals surface area (Å²) in [5.74, 6) is 0.0958. The van der Waals surface area contributed by atoms with Crippen molar-refractivity contribution in [2.24, 2.45) is 14.1 Å². The highest BCUT2D eigenvalue weighted by Crippen LogP contribution is 2.18. The molecule has 0 aliphatic heterocycles. The van der Waals surface area contributed by atoms with E-state index in [2.05, 4.69) is 10.4 Å². The van der Waals surface area contributed by atoms with Crippen LogP contribution in [0.3, 0.4) is 0 Å². The Morgan fingerprint density at radius 3 is 2.52 bits per heavy atom. The van der Waals surface area contributed by atoms with Crippen LogP contribution in [0, 0.1) is 5.82 Å². The summed E-state index contributed by atoms with van der Waals surface area (Å²) < 4.78 is 16.9. The molecule has 0 saturated heterocycles. The van der Waals surface area contributed by atoms with Crippen molar-refractivity contribution in [1.82, 2.24) is 18.9 Å². The van der Waals surface area contributed by atoms with E-state index in [9.17, 15) is 14.0 Å². The van der Waals surface area contributed by atoms with Crippen LogP contribution in [0.4, 0.5) is 10.2 Å². The molecule has 0 amide bonds. The van der Waals surface area contributed by atoms with Crippen LogP contribution in [-0.2, 0) is 20.6 Å². The van der Waals surface area contributed by atoms with E-state index in [0.717, 1.165) is 4.57 Å². The van der Waals surface area contributed by atoms with E-state index < -0.39 is 11.2 Å². The van der Waals surface area contributed by atoms with E-state index in [1.54, 1.807) is 14.1 Å². The van der Waals surface area contributed by atoms with Crippen molar-refractivity contribution in [3.8, 4) is 0 Å². The molecule has 9 heteroatoms. The van der Waals surface area contributed by atoms with Crippen molar-refractivity contribution in [2.45, 2.75) is 6.54 Å². The summed E-state index contributed by atoms with van der Waals surface area (Å²) in [6, 6.07) is 5.61. The lowest BCUT2D eigenvalue weighted by atomic mass is 10.2. The smallest absolute Gasteiger partial charge is 0.331 e. The van der Waals surface area contributed by atoms with Crippen LogP contribution in [0.25, 0.3) is 11.0 Å². The van der Waals surface area contributed by atoms with Crippen LogP contribution >= 0.6 is 0 Å². The highest BCUT2D eigenvalue weighted by molar-refractivity contribution is 5.86. The van der Waals surface area contributed by atoms with E-state index in [1.807, 2.05) is 0 Å². The highest BCUT2D eigenvalue weighted by Gasteiger charge is 2.19. The first-order valence-corrected chi connectivity index (χ1v) is 7.69. The fraction of sp³-hybridized carbons (Fsp3) is 0.312. The number of hydrogen-bond donors (Lipinski definition) is 2. The Morgan fingerprint density at radius 2 is 1.88 bits per heavy atom. The van der Waals surface area contributed by atoms with Crippen LogP contribution in [0.15, 0.2) is 33.9 Å². The molecule has 25 heavy (non-hydrogen) atoms. The fourth-order valence-electron chi connectivity index (χ4n) is 2.75. The molecular formula is C16H18FN5O3. The van der Waals surface area contributed by atoms with E-state index in [4.69, 9.17) is 5.11 Å². The molecule has 2 heterocycles. The second-order valence-corrected chi connectivity index (χ2v) is 5.68. The van der Waals surface area contributed by atoms with Gasteiger partial charge in [0.2, 0.25) is 0 Å². The molecule has 8 nitrogen and oxygen atoms in total. The summed E-state index contributed by atoms with van der Waals surface area (Å²) in [5.41, 5.74) is 0.139. The van der Waals surface area contributed by atoms with Gasteiger partial charge in [0, 0.05) is 20.6 Å². The van der Waals surface area contributed by atoms with Gasteiger partial charge in [-0.25, -0.2) is 9.18 Å². The van der Waals surface area contributed by atoms with Gasteiger partial charge in [-0.05, 0) is 17.7 Å². The zero-order chi connectivity index (χ0) is 18.1. The molecule has 0 spiro atoms. The predicted molar refractivity (Wildman–Crippen MR) is 91.3 cm³/mol. The van der Waals surface area contributed by atoms with E-state index in [-0.39, 0.29) is 31.0 Å². The third kappa shape index (κ3) is 2.93. The average molecular weight is 347 g/mol. The van der Waals surface area contributed by atoms with Gasteiger partial charge < -0.3 is 10.4 Å². The molecule has 0 unspecified atom stereocenters. The fourth-order valence-corrected chi connectivity index (χ4v) is 2.75. The zero-order valence-electron chi connectivity index (χ0n) is 13.9. The molecule has 0 bridgehead atoms. The van der Waals surface area contributed by atoms with Gasteiger partial charge in [0.1, 0.15) is 17.2 Å². The lowest BCUT2D eigenvalue weighted by Gasteiger charge is -2.10. The van der Waals surface area contributed by atoms with Gasteiger partial charge in [-0.15, -0.1) is 0 Å². The van der Waals surface area contributed by atoms with Crippen molar-refractivity contribution >= 4 is 16.9 Å². The summed E-state index contributed by atoms with van der Waals surface area (Å²) in [5, 5.41) is 16.1. The molecular weight excluding hydrogens is 329 g/mol. The maximum Gasteiger partial charge on any atom is 0.331 e. The number of nitrogens with one attached hydrogen (secondary N) is 1. The Bertz CT molecular complexity index is 1030. The SMILES string of the molecule is Cn1nc2c(=O)n(Cc3ccc(F)cc3)c(=O)n(C)c2c1NCCO. The summed E-state index contributed by atoms with van der Waals surface area (Å²) in [4.78, 5) is 25.4. The minimum atomic E-state index is -0.518. The number of nitrogens with zero attached hydrogens (tertiary/aromatic N) is 4. The van der Waals surface area contributed by atoms with E-state index >= 15 is 0 Å². The third-order valence-electron chi connectivity index (χ3n) is 3.98. The number of aryl methyl sites for hydroxylation is 2. The Balaban J connectivity index is 2.17. The predicted octanol–water partition coefficient (Wildman–Crippen LogP) is 0.0253. The maximum atomic E-state index is 13.0. The van der Waals surface area contributed by atoms with Gasteiger partial charge in [0.05, 0.1) is 13.2 Å². The molecule has 0 saturated carbocycles. The molecule has 2 aromatic heterocycles. The van der Waals surface area contributed by atoms with Crippen LogP contribution in [0.2, 0.25) is 0 Å². The largest absolute Gasteiger partial charge is 0.395 e. The molecule has 0 atom stereocenters. The average Bonchev–Trinajstić information content (AvgIpc) is 2.93. The van der Waals surface area contributed by atoms with Crippen molar-refractivity contribution in [3.05, 3.63) is 56.5 Å². The first-order chi connectivity index (χ1) is 11.9. The summed E-state index contributed by atoms with van der Waals surface area (Å²) in [7, 11) is 3.20. The lowest BCUT2D eigenvalue weighted by Crippen LogP contribution is -2.39. The monoisotopic (exact) mass is 347 g/mol. The summed E-state index contributed by atoms with van der Waals surface area (Å²) >= 11 is 0. The molecule has 0 aliphatic carbocycles. The number of aromatic nitrogens is 4. The highest BCUT2D eigenvalue weighted by atomic mass is 19.1. The quantitative estimate of drug-likeness (QED) is 0.679. The number of benzene rings is 1. The van der Waals surface area contributed by atoms with Gasteiger partial charge in [-0.2, -0.15) is 5.10 Å². The second-order valence-electron chi connectivity index (χ2n) is 5.68. The topological polar surface area (TPSA) is 94.1 Å². The molecule has 2 N–H and O–H groups in total. The van der Waals surface area contributed by atoms with Gasteiger partial charge in [-0.1, -0.05) is 12.1 Å². The van der Waals surface area contributed by atoms with Crippen LogP contribution in [0.5, 0.6) is 0 Å². The number of fused-ring (bicyclic) bond motifs is 1. The standard InChI is InChI=1S/C16H18FN5O3/c1-20-13-12(19-21(2)14(13)18-7-8-23)15(24)22(16(20)25)9-10-3-5-11(17)6-4-10/h3-6,18,23H,7-9H2,1-2H3. The number of halogens is 1. The number of aliphatic hydroxyl groups excluding tert-OH is 1. The van der Waals surface area contributed by atoms with Crippen LogP contribution in [-0.4, -0.2) is 37.2 Å². The van der Waals surface area contributed by atoms with Gasteiger partial charge in [0.25, 0.3) is 5.56 Å². The normalized spacial score (nSPS) is 11.2. The number of hydrogen-bond acceptors (Lipinski definition) is 5. The van der Waals surface area contributed by atoms with E-state index in [1.165, 1.54) is 33.5 Å². The van der Waals surface area contributed by atoms with Gasteiger partial charge >= 0.3 is 5.69 Å². The molecule has 3 rings (SSSR count). The maximum absolute atomic E-state index is 13.0. The number of anilines is 1. The van der Waals surface area contributed by atoms with Crippen molar-refractivity contribution in [1.29, 1.82) is 0 Å². The second kappa shape index (κ2) is 6.52. The van der Waals surface area contributed by atoms with Crippen molar-refractivity contribution in [2.75, 3.05) is 18.5 Å². The van der Waals surface area contributed by atoms with Crippen molar-refractivity contribution in [3.63, 3.8) is 0 Å². The minimum Gasteiger partial charge on any atom is -0.395 e. The Labute approximate surface area is 141 Å². The molecule has 0 radical (unpaired) electrons. The Kier molecular flexibility index (Phi) is 4.41. The van der Waals surface area contributed by atoms with Crippen LogP contribution in [0.1, 0.15) is 5.56 Å². The molecule has 0 aliphatic rings. The Hall–Kier alpha value is -2.94. The van der Waals surface area contributed by atoms with Gasteiger partial charge in [-0.3, -0.25) is 18.6 Å². The van der Waals surface area contributed by atoms with Crippen LogP contribution < -0.4 is 16.6 Å². The summed E-state index contributed by atoms with van der Waals surface area (Å²) in [6.45, 7) is 0.196. The van der Waals surface area contributed by atoms with E-state index in [0.29, 0.717) is 16.9 Å². The molecule has 1 aromatic carbocycles. The molecule has 3 aromatic rings.